The fourth-order valence-electron chi connectivity index (χ4n) is 4.69. The number of hydrogen-bond acceptors (Lipinski definition) is 7. The molecule has 1 aliphatic carbocycles. The van der Waals surface area contributed by atoms with Crippen molar-refractivity contribution in [2.75, 3.05) is 23.9 Å². The highest BCUT2D eigenvalue weighted by Crippen LogP contribution is 2.39. The Morgan fingerprint density at radius 1 is 1.15 bits per heavy atom. The molecule has 6 rings (SSSR count). The molecule has 1 saturated heterocycles. The van der Waals surface area contributed by atoms with Gasteiger partial charge in [0.2, 0.25) is 0 Å². The smallest absolute Gasteiger partial charge is 0.475 e. The van der Waals surface area contributed by atoms with Crippen LogP contribution in [0.4, 0.5) is 18.9 Å². The van der Waals surface area contributed by atoms with Gasteiger partial charge in [-0.2, -0.15) is 13.2 Å². The van der Waals surface area contributed by atoms with E-state index in [1.807, 2.05) is 29.8 Å². The largest absolute Gasteiger partial charge is 0.490 e. The summed E-state index contributed by atoms with van der Waals surface area (Å²) in [4.78, 5) is 20.9. The number of anilines is 1. The number of carboxylic acid groups (broad SMARTS) is 1. The second-order valence-corrected chi connectivity index (χ2v) is 14.3. The summed E-state index contributed by atoms with van der Waals surface area (Å²) in [7, 11) is -3.61. The Bertz CT molecular complexity index is 1590. The minimum Gasteiger partial charge on any atom is -0.475 e. The highest BCUT2D eigenvalue weighted by molar-refractivity contribution is 7.94. The molecular weight excluding hydrogens is 598 g/mol. The molecule has 14 heteroatoms. The highest BCUT2D eigenvalue weighted by atomic mass is 32.2. The van der Waals surface area contributed by atoms with Gasteiger partial charge in [0.25, 0.3) is 10.0 Å². The molecule has 4 aromatic rings. The van der Waals surface area contributed by atoms with Crippen molar-refractivity contribution in [3.63, 3.8) is 0 Å². The summed E-state index contributed by atoms with van der Waals surface area (Å²) in [5.74, 6) is -2.33. The lowest BCUT2D eigenvalue weighted by Crippen LogP contribution is -2.32. The van der Waals surface area contributed by atoms with E-state index in [0.29, 0.717) is 22.4 Å². The summed E-state index contributed by atoms with van der Waals surface area (Å²) in [6.07, 6.45) is 2.97. The number of likely N-dealkylation sites (tertiary alicyclic amines) is 1. The van der Waals surface area contributed by atoms with Gasteiger partial charge in [-0.25, -0.2) is 18.2 Å². The molecule has 3 aromatic heterocycles. The van der Waals surface area contributed by atoms with E-state index in [0.717, 1.165) is 41.0 Å². The number of nitrogens with zero attached hydrogens (tertiary/aromatic N) is 3. The number of halogens is 3. The lowest BCUT2D eigenvalue weighted by Gasteiger charge is -2.25. The molecule has 0 spiro atoms. The van der Waals surface area contributed by atoms with Crippen LogP contribution in [0.3, 0.4) is 0 Å². The van der Waals surface area contributed by atoms with Crippen molar-refractivity contribution in [2.24, 2.45) is 5.92 Å². The van der Waals surface area contributed by atoms with Crippen molar-refractivity contribution in [3.8, 4) is 10.7 Å². The Kier molecular flexibility index (Phi) is 8.73. The second-order valence-electron chi connectivity index (χ2n) is 10.1. The molecule has 1 saturated carbocycles. The van der Waals surface area contributed by atoms with Gasteiger partial charge in [-0.1, -0.05) is 24.6 Å². The lowest BCUT2D eigenvalue weighted by atomic mass is 10.1. The first-order chi connectivity index (χ1) is 19.5. The number of hydrogen-bond donors (Lipinski definition) is 2. The van der Waals surface area contributed by atoms with Crippen LogP contribution in [-0.4, -0.2) is 60.2 Å². The minimum atomic E-state index is -5.08. The van der Waals surface area contributed by atoms with E-state index in [1.54, 1.807) is 27.8 Å². The second kappa shape index (κ2) is 12.1. The van der Waals surface area contributed by atoms with Crippen molar-refractivity contribution in [2.45, 2.75) is 49.0 Å². The summed E-state index contributed by atoms with van der Waals surface area (Å²) in [5, 5.41) is 10.9. The summed E-state index contributed by atoms with van der Waals surface area (Å²) in [5.41, 5.74) is 2.51. The summed E-state index contributed by atoms with van der Waals surface area (Å²) >= 11 is 2.99. The molecule has 4 heterocycles. The van der Waals surface area contributed by atoms with Gasteiger partial charge in [-0.05, 0) is 68.3 Å². The van der Waals surface area contributed by atoms with Gasteiger partial charge in [0.05, 0.1) is 16.9 Å². The topological polar surface area (TPSA) is 107 Å². The zero-order chi connectivity index (χ0) is 29.2. The summed E-state index contributed by atoms with van der Waals surface area (Å²) < 4.78 is 60.9. The number of thiophene rings is 1. The number of aromatic nitrogens is 2. The molecule has 2 N–H and O–H groups in total. The number of fused-ring (bicyclic) bond motifs is 1. The van der Waals surface area contributed by atoms with Crippen LogP contribution < -0.4 is 4.31 Å². The summed E-state index contributed by atoms with van der Waals surface area (Å²) in [6.45, 7) is 3.80. The third-order valence-corrected chi connectivity index (χ3v) is 11.1. The molecule has 1 aromatic carbocycles. The van der Waals surface area contributed by atoms with Gasteiger partial charge in [-0.3, -0.25) is 9.21 Å². The molecule has 0 unspecified atom stereocenters. The fourth-order valence-corrected chi connectivity index (χ4v) is 8.27. The van der Waals surface area contributed by atoms with Crippen LogP contribution in [0.25, 0.3) is 21.6 Å². The molecule has 8 nitrogen and oxygen atoms in total. The standard InChI is InChI=1S/C25H28N4O2S3.C2HF3O2/c30-34(31,23-8-5-13-32-23)29(16-18-9-10-18)22-7-4-6-19-14-21(27-24(19)22)25-26-15-20(33-25)17-28-11-2-1-3-12-28;3-2(4,5)1(6)7/h4-8,13-15,18,27H,1-3,9-12,16-17H2;(H,6,7). The number of carboxylic acids is 1. The molecule has 1 aliphatic heterocycles. The van der Waals surface area contributed by atoms with Crippen LogP contribution in [-0.2, 0) is 21.4 Å². The first-order valence-corrected chi connectivity index (χ1v) is 16.3. The normalized spacial score (nSPS) is 16.4. The number of benzene rings is 1. The Morgan fingerprint density at radius 2 is 1.88 bits per heavy atom. The van der Waals surface area contributed by atoms with Gasteiger partial charge in [0.15, 0.2) is 0 Å². The van der Waals surface area contributed by atoms with Crippen molar-refractivity contribution >= 4 is 55.3 Å². The number of sulfonamides is 1. The average Bonchev–Trinajstić information content (AvgIpc) is 3.31. The molecule has 220 valence electrons. The number of H-pyrrole nitrogens is 1. The van der Waals surface area contributed by atoms with Crippen LogP contribution in [0.1, 0.15) is 37.0 Å². The van der Waals surface area contributed by atoms with E-state index in [9.17, 15) is 21.6 Å². The Hall–Kier alpha value is -2.94. The van der Waals surface area contributed by atoms with Crippen LogP contribution in [0.5, 0.6) is 0 Å². The number of piperidine rings is 1. The molecule has 41 heavy (non-hydrogen) atoms. The number of thiazole rings is 1. The molecule has 0 radical (unpaired) electrons. The van der Waals surface area contributed by atoms with Crippen LogP contribution >= 0.6 is 22.7 Å². The molecule has 0 bridgehead atoms. The zero-order valence-electron chi connectivity index (χ0n) is 21.9. The highest BCUT2D eigenvalue weighted by Gasteiger charge is 2.38. The monoisotopic (exact) mass is 626 g/mol. The lowest BCUT2D eigenvalue weighted by molar-refractivity contribution is -0.192. The Labute approximate surface area is 243 Å². The van der Waals surface area contributed by atoms with Crippen molar-refractivity contribution < 1.29 is 31.5 Å². The maximum Gasteiger partial charge on any atom is 0.490 e. The maximum absolute atomic E-state index is 13.6. The Morgan fingerprint density at radius 3 is 2.51 bits per heavy atom. The molecule has 0 amide bonds. The number of alkyl halides is 3. The molecular formula is C27H29F3N4O4S3. The first kappa shape index (κ1) is 29.5. The summed E-state index contributed by atoms with van der Waals surface area (Å²) in [6, 6.07) is 11.5. The molecule has 2 aliphatic rings. The molecule has 0 atom stereocenters. The van der Waals surface area contributed by atoms with Crippen LogP contribution in [0.2, 0.25) is 0 Å². The van der Waals surface area contributed by atoms with Crippen molar-refractivity contribution in [3.05, 3.63) is 52.9 Å². The number of rotatable bonds is 8. The SMILES string of the molecule is O=C(O)C(F)(F)F.O=S(=O)(c1cccs1)N(CC1CC1)c1cccc2cc(-c3ncc(CN4CCCCC4)s3)[nH]c12. The van der Waals surface area contributed by atoms with Gasteiger partial charge in [-0.15, -0.1) is 22.7 Å². The maximum atomic E-state index is 13.6. The van der Waals surface area contributed by atoms with Crippen molar-refractivity contribution in [1.82, 2.24) is 14.9 Å². The fraction of sp³-hybridized carbons (Fsp3) is 0.407. The van der Waals surface area contributed by atoms with E-state index in [-0.39, 0.29) is 0 Å². The van der Waals surface area contributed by atoms with Crippen molar-refractivity contribution in [1.29, 1.82) is 0 Å². The Balaban J connectivity index is 0.000000431. The molecule has 2 fully saturated rings. The third kappa shape index (κ3) is 7.11. The van der Waals surface area contributed by atoms with E-state index >= 15 is 0 Å². The van der Waals surface area contributed by atoms with Gasteiger partial charge >= 0.3 is 12.1 Å². The van der Waals surface area contributed by atoms with Gasteiger partial charge in [0.1, 0.15) is 9.22 Å². The van der Waals surface area contributed by atoms with E-state index in [4.69, 9.17) is 14.9 Å². The number of para-hydroxylation sites is 1. The third-order valence-electron chi connectivity index (χ3n) is 6.92. The average molecular weight is 627 g/mol. The van der Waals surface area contributed by atoms with E-state index < -0.39 is 22.2 Å². The predicted octanol–water partition coefficient (Wildman–Crippen LogP) is 6.58. The zero-order valence-corrected chi connectivity index (χ0v) is 24.4. The number of nitrogens with one attached hydrogen (secondary N) is 1. The van der Waals surface area contributed by atoms with Crippen LogP contribution in [0.15, 0.2) is 52.2 Å². The number of aliphatic carboxylic acids is 1. The number of aromatic amines is 1. The predicted molar refractivity (Wildman–Crippen MR) is 154 cm³/mol. The first-order valence-electron chi connectivity index (χ1n) is 13.2. The number of carbonyl (C=O) groups is 1. The van der Waals surface area contributed by atoms with E-state index in [1.165, 1.54) is 48.6 Å². The quantitative estimate of drug-likeness (QED) is 0.229. The van der Waals surface area contributed by atoms with E-state index in [2.05, 4.69) is 16.0 Å². The van der Waals surface area contributed by atoms with Crippen LogP contribution in [0, 0.1) is 5.92 Å². The minimum absolute atomic E-state index is 0.388. The van der Waals surface area contributed by atoms with Gasteiger partial charge < -0.3 is 10.1 Å². The van der Waals surface area contributed by atoms with Gasteiger partial charge in [0, 0.05) is 29.5 Å².